The summed E-state index contributed by atoms with van der Waals surface area (Å²) in [6.45, 7) is 4.29. The van der Waals surface area contributed by atoms with Crippen LogP contribution in [0.15, 0.2) is 84.9 Å². The van der Waals surface area contributed by atoms with Gasteiger partial charge in [0.15, 0.2) is 0 Å². The Morgan fingerprint density at radius 3 is 1.38 bits per heavy atom. The summed E-state index contributed by atoms with van der Waals surface area (Å²) in [4.78, 5) is 0. The largest absolute Gasteiger partial charge is 0.328 e. The average molecular weight is 332 g/mol. The Labute approximate surface area is 145 Å². The van der Waals surface area contributed by atoms with E-state index in [2.05, 4.69) is 101 Å². The van der Waals surface area contributed by atoms with E-state index in [4.69, 9.17) is 0 Å². The number of anilines is 2. The first-order valence-corrected chi connectivity index (χ1v) is 9.98. The van der Waals surface area contributed by atoms with Gasteiger partial charge in [0.05, 0.1) is 19.6 Å². The van der Waals surface area contributed by atoms with Gasteiger partial charge in [0, 0.05) is 13.1 Å². The van der Waals surface area contributed by atoms with Crippen LogP contribution in [0.1, 0.15) is 11.1 Å². The highest BCUT2D eigenvalue weighted by Crippen LogP contribution is 2.58. The summed E-state index contributed by atoms with van der Waals surface area (Å²) in [5, 5.41) is 0. The second-order valence-corrected chi connectivity index (χ2v) is 8.01. The van der Waals surface area contributed by atoms with Crippen molar-refractivity contribution in [1.29, 1.82) is 0 Å². The van der Waals surface area contributed by atoms with Crippen LogP contribution in [0.4, 0.5) is 11.4 Å². The molecule has 0 radical (unpaired) electrons. The van der Waals surface area contributed by atoms with Crippen molar-refractivity contribution in [3.63, 3.8) is 0 Å². The standard InChI is InChI=1S/C21H21N2P/c1-24-22(16-18-10-4-2-5-11-18)20-14-8-9-15-21(20)23(24)17-19-12-6-3-7-13-19/h2-15H,16-17H2,1H3. The maximum atomic E-state index is 2.56. The molecular formula is C21H21N2P. The number of benzene rings is 3. The highest BCUT2D eigenvalue weighted by Gasteiger charge is 2.32. The van der Waals surface area contributed by atoms with Gasteiger partial charge in [0.2, 0.25) is 0 Å². The molecule has 1 heterocycles. The van der Waals surface area contributed by atoms with Crippen LogP contribution in [0.2, 0.25) is 0 Å². The van der Waals surface area contributed by atoms with Gasteiger partial charge in [-0.3, -0.25) is 0 Å². The smallest absolute Gasteiger partial charge is 0.0925 e. The Morgan fingerprint density at radius 2 is 0.958 bits per heavy atom. The molecule has 0 amide bonds. The van der Waals surface area contributed by atoms with Gasteiger partial charge in [-0.2, -0.15) is 0 Å². The molecule has 0 fully saturated rings. The topological polar surface area (TPSA) is 6.48 Å². The van der Waals surface area contributed by atoms with E-state index in [0.29, 0.717) is 0 Å². The Kier molecular flexibility index (Phi) is 4.23. The lowest BCUT2D eigenvalue weighted by molar-refractivity contribution is 1.04. The molecule has 0 aromatic heterocycles. The molecule has 0 atom stereocenters. The zero-order chi connectivity index (χ0) is 16.4. The number of nitrogens with zero attached hydrogens (tertiary/aromatic N) is 2. The molecule has 4 rings (SSSR count). The monoisotopic (exact) mass is 332 g/mol. The number of para-hydroxylation sites is 2. The molecule has 0 N–H and O–H groups in total. The highest BCUT2D eigenvalue weighted by molar-refractivity contribution is 7.61. The van der Waals surface area contributed by atoms with E-state index >= 15 is 0 Å². The number of fused-ring (bicyclic) bond motifs is 1. The fourth-order valence-electron chi connectivity index (χ4n) is 3.23. The minimum Gasteiger partial charge on any atom is -0.328 e. The maximum absolute atomic E-state index is 2.56. The third-order valence-electron chi connectivity index (χ3n) is 4.49. The predicted molar refractivity (Wildman–Crippen MR) is 105 cm³/mol. The second kappa shape index (κ2) is 6.67. The molecule has 1 aliphatic heterocycles. The molecule has 2 nitrogen and oxygen atoms in total. The summed E-state index contributed by atoms with van der Waals surface area (Å²) in [7, 11) is -0.399. The van der Waals surface area contributed by atoms with Gasteiger partial charge in [0.25, 0.3) is 0 Å². The van der Waals surface area contributed by atoms with Gasteiger partial charge in [-0.1, -0.05) is 72.8 Å². The molecule has 0 unspecified atom stereocenters. The minimum absolute atomic E-state index is 0.399. The first-order chi connectivity index (χ1) is 11.8. The van der Waals surface area contributed by atoms with Crippen LogP contribution in [0.5, 0.6) is 0 Å². The molecule has 0 saturated heterocycles. The SMILES string of the molecule is CP1N(Cc2ccccc2)c2ccccc2N1Cc1ccccc1. The number of hydrogen-bond acceptors (Lipinski definition) is 2. The van der Waals surface area contributed by atoms with Crippen molar-refractivity contribution in [3.05, 3.63) is 96.1 Å². The lowest BCUT2D eigenvalue weighted by atomic mass is 10.2. The van der Waals surface area contributed by atoms with Crippen molar-refractivity contribution < 1.29 is 0 Å². The van der Waals surface area contributed by atoms with Crippen molar-refractivity contribution in [2.45, 2.75) is 13.1 Å². The molecule has 0 aliphatic carbocycles. The van der Waals surface area contributed by atoms with Crippen LogP contribution in [0.3, 0.4) is 0 Å². The first-order valence-electron chi connectivity index (χ1n) is 8.28. The van der Waals surface area contributed by atoms with Gasteiger partial charge >= 0.3 is 0 Å². The fraction of sp³-hybridized carbons (Fsp3) is 0.143. The van der Waals surface area contributed by atoms with Crippen molar-refractivity contribution in [3.8, 4) is 0 Å². The minimum atomic E-state index is -0.399. The van der Waals surface area contributed by atoms with Crippen molar-refractivity contribution in [2.75, 3.05) is 16.0 Å². The van der Waals surface area contributed by atoms with E-state index in [9.17, 15) is 0 Å². The van der Waals surface area contributed by atoms with Crippen LogP contribution in [-0.2, 0) is 13.1 Å². The lowest BCUT2D eigenvalue weighted by Gasteiger charge is -2.29. The van der Waals surface area contributed by atoms with E-state index in [1.165, 1.54) is 22.5 Å². The van der Waals surface area contributed by atoms with Gasteiger partial charge in [-0.25, -0.2) is 0 Å². The normalized spacial score (nSPS) is 14.0. The molecule has 3 heteroatoms. The molecule has 120 valence electrons. The molecule has 1 aliphatic rings. The predicted octanol–water partition coefficient (Wildman–Crippen LogP) is 5.66. The van der Waals surface area contributed by atoms with E-state index in [0.717, 1.165) is 13.1 Å². The van der Waals surface area contributed by atoms with Crippen molar-refractivity contribution in [2.24, 2.45) is 0 Å². The molecular weight excluding hydrogens is 311 g/mol. The van der Waals surface area contributed by atoms with Crippen LogP contribution < -0.4 is 9.34 Å². The van der Waals surface area contributed by atoms with E-state index < -0.39 is 8.22 Å². The molecule has 0 bridgehead atoms. The second-order valence-electron chi connectivity index (χ2n) is 6.06. The van der Waals surface area contributed by atoms with E-state index in [-0.39, 0.29) is 0 Å². The summed E-state index contributed by atoms with van der Waals surface area (Å²) < 4.78 is 5.12. The number of rotatable bonds is 4. The Bertz CT molecular complexity index is 736. The Morgan fingerprint density at radius 1 is 0.583 bits per heavy atom. The molecule has 3 aromatic rings. The summed E-state index contributed by atoms with van der Waals surface area (Å²) in [5.41, 5.74) is 5.43. The quantitative estimate of drug-likeness (QED) is 0.569. The summed E-state index contributed by atoms with van der Waals surface area (Å²) in [6.07, 6.45) is 0. The van der Waals surface area contributed by atoms with Crippen molar-refractivity contribution >= 4 is 19.6 Å². The van der Waals surface area contributed by atoms with Gasteiger partial charge in [0.1, 0.15) is 0 Å². The van der Waals surface area contributed by atoms with Crippen molar-refractivity contribution in [1.82, 2.24) is 0 Å². The molecule has 3 aromatic carbocycles. The van der Waals surface area contributed by atoms with Gasteiger partial charge in [-0.05, 0) is 29.9 Å². The van der Waals surface area contributed by atoms with Crippen LogP contribution in [-0.4, -0.2) is 6.66 Å². The first kappa shape index (κ1) is 15.2. The van der Waals surface area contributed by atoms with Gasteiger partial charge < -0.3 is 9.34 Å². The Hall–Kier alpha value is -2.31. The zero-order valence-electron chi connectivity index (χ0n) is 13.8. The Balaban J connectivity index is 1.65. The average Bonchev–Trinajstić information content (AvgIpc) is 2.90. The maximum Gasteiger partial charge on any atom is 0.0925 e. The van der Waals surface area contributed by atoms with Crippen LogP contribution >= 0.6 is 8.22 Å². The van der Waals surface area contributed by atoms with Crippen LogP contribution in [0, 0.1) is 0 Å². The summed E-state index contributed by atoms with van der Waals surface area (Å²) in [6, 6.07) is 30.3. The third-order valence-corrected chi connectivity index (χ3v) is 6.60. The molecule has 0 spiro atoms. The summed E-state index contributed by atoms with van der Waals surface area (Å²) in [5.74, 6) is 0. The zero-order valence-corrected chi connectivity index (χ0v) is 14.7. The lowest BCUT2D eigenvalue weighted by Crippen LogP contribution is -2.19. The highest BCUT2D eigenvalue weighted by atomic mass is 31.1. The summed E-state index contributed by atoms with van der Waals surface area (Å²) >= 11 is 0. The molecule has 24 heavy (non-hydrogen) atoms. The van der Waals surface area contributed by atoms with Gasteiger partial charge in [-0.15, -0.1) is 0 Å². The fourth-order valence-corrected chi connectivity index (χ4v) is 5.19. The van der Waals surface area contributed by atoms with Crippen LogP contribution in [0.25, 0.3) is 0 Å². The van der Waals surface area contributed by atoms with E-state index in [1.54, 1.807) is 0 Å². The third kappa shape index (κ3) is 2.90. The number of hydrogen-bond donors (Lipinski definition) is 0. The van der Waals surface area contributed by atoms with E-state index in [1.807, 2.05) is 0 Å². The molecule has 0 saturated carbocycles.